The fourth-order valence-electron chi connectivity index (χ4n) is 1.65. The van der Waals surface area contributed by atoms with Gasteiger partial charge in [-0.1, -0.05) is 0 Å². The van der Waals surface area contributed by atoms with Gasteiger partial charge in [-0.05, 0) is 20.8 Å². The first kappa shape index (κ1) is 14.1. The second kappa shape index (κ2) is 4.36. The molecule has 2 N–H and O–H groups in total. The van der Waals surface area contributed by atoms with E-state index >= 15 is 0 Å². The topological polar surface area (TPSA) is 55.6 Å². The van der Waals surface area contributed by atoms with E-state index in [1.54, 1.807) is 20.8 Å². The Morgan fingerprint density at radius 1 is 1.29 bits per heavy atom. The predicted molar refractivity (Wildman–Crippen MR) is 55.3 cm³/mol. The molecule has 0 unspecified atom stereocenters. The lowest BCUT2D eigenvalue weighted by atomic mass is 10.1. The van der Waals surface area contributed by atoms with Crippen molar-refractivity contribution in [1.29, 1.82) is 0 Å². The number of nitrogens with zero attached hydrogens (tertiary/aromatic N) is 1. The van der Waals surface area contributed by atoms with Gasteiger partial charge in [0.2, 0.25) is 0 Å². The Morgan fingerprint density at radius 3 is 2.18 bits per heavy atom. The third-order valence-electron chi connectivity index (χ3n) is 2.44. The van der Waals surface area contributed by atoms with Gasteiger partial charge in [0.1, 0.15) is 5.60 Å². The van der Waals surface area contributed by atoms with Gasteiger partial charge >= 0.3 is 12.3 Å². The molecule has 1 heterocycles. The molecule has 1 aliphatic heterocycles. The van der Waals surface area contributed by atoms with Crippen LogP contribution in [0, 0.1) is 5.92 Å². The molecule has 0 bridgehead atoms. The zero-order valence-electron chi connectivity index (χ0n) is 10.0. The van der Waals surface area contributed by atoms with Gasteiger partial charge in [0.15, 0.2) is 0 Å². The van der Waals surface area contributed by atoms with Gasteiger partial charge in [-0.15, -0.1) is 0 Å². The van der Waals surface area contributed by atoms with Crippen LogP contribution in [0.5, 0.6) is 0 Å². The van der Waals surface area contributed by atoms with Gasteiger partial charge in [0.25, 0.3) is 0 Å². The molecule has 1 aliphatic rings. The van der Waals surface area contributed by atoms with E-state index in [4.69, 9.17) is 10.5 Å². The Kier molecular flexibility index (Phi) is 3.61. The van der Waals surface area contributed by atoms with E-state index in [2.05, 4.69) is 0 Å². The molecule has 4 nitrogen and oxygen atoms in total. The first-order valence-electron chi connectivity index (χ1n) is 5.31. The molecular formula is C10H17F3N2O2. The zero-order valence-corrected chi connectivity index (χ0v) is 10.0. The molecule has 1 fully saturated rings. The van der Waals surface area contributed by atoms with E-state index in [-0.39, 0.29) is 6.54 Å². The lowest BCUT2D eigenvalue weighted by Gasteiger charge is -2.24. The van der Waals surface area contributed by atoms with Gasteiger partial charge in [0.05, 0.1) is 5.92 Å². The third kappa shape index (κ3) is 3.76. The molecule has 100 valence electrons. The predicted octanol–water partition coefficient (Wildman–Crippen LogP) is 1.74. The molecule has 0 spiro atoms. The van der Waals surface area contributed by atoms with Crippen molar-refractivity contribution in [3.05, 3.63) is 0 Å². The maximum atomic E-state index is 12.5. The van der Waals surface area contributed by atoms with E-state index in [0.29, 0.717) is 0 Å². The van der Waals surface area contributed by atoms with E-state index in [1.165, 1.54) is 0 Å². The van der Waals surface area contributed by atoms with Crippen LogP contribution in [-0.4, -0.2) is 41.9 Å². The van der Waals surface area contributed by atoms with E-state index in [9.17, 15) is 18.0 Å². The SMILES string of the molecule is CC(C)(C)OC(=O)N1C[C@@H](C(F)(F)F)[C@@H](N)C1. The first-order valence-corrected chi connectivity index (χ1v) is 5.31. The van der Waals surface area contributed by atoms with Gasteiger partial charge in [-0.2, -0.15) is 13.2 Å². The maximum absolute atomic E-state index is 12.5. The highest BCUT2D eigenvalue weighted by atomic mass is 19.4. The summed E-state index contributed by atoms with van der Waals surface area (Å²) in [6, 6.07) is -1.08. The van der Waals surface area contributed by atoms with Crippen LogP contribution >= 0.6 is 0 Å². The highest BCUT2D eigenvalue weighted by Gasteiger charge is 2.50. The Bertz CT molecular complexity index is 299. The number of rotatable bonds is 0. The van der Waals surface area contributed by atoms with Crippen molar-refractivity contribution in [2.75, 3.05) is 13.1 Å². The fraction of sp³-hybridized carbons (Fsp3) is 0.900. The molecule has 0 aromatic rings. The summed E-state index contributed by atoms with van der Waals surface area (Å²) >= 11 is 0. The molecule has 0 aromatic heterocycles. The molecule has 17 heavy (non-hydrogen) atoms. The molecule has 1 rings (SSSR count). The van der Waals surface area contributed by atoms with Gasteiger partial charge in [-0.3, -0.25) is 0 Å². The molecule has 0 radical (unpaired) electrons. The molecule has 0 aliphatic carbocycles. The van der Waals surface area contributed by atoms with Crippen LogP contribution in [0.1, 0.15) is 20.8 Å². The minimum Gasteiger partial charge on any atom is -0.444 e. The van der Waals surface area contributed by atoms with Crippen LogP contribution in [0.2, 0.25) is 0 Å². The molecule has 2 atom stereocenters. The highest BCUT2D eigenvalue weighted by Crippen LogP contribution is 2.33. The fourth-order valence-corrected chi connectivity index (χ4v) is 1.65. The zero-order chi connectivity index (χ0) is 13.4. The van der Waals surface area contributed by atoms with Crippen LogP contribution in [0.4, 0.5) is 18.0 Å². The standard InChI is InChI=1S/C10H17F3N2O2/c1-9(2,3)17-8(16)15-4-6(7(14)5-15)10(11,12)13/h6-7H,4-5,14H2,1-3H3/t6-,7+/m1/s1. The number of hydrogen-bond acceptors (Lipinski definition) is 3. The Morgan fingerprint density at radius 2 is 1.82 bits per heavy atom. The number of likely N-dealkylation sites (tertiary alicyclic amines) is 1. The Balaban J connectivity index is 2.63. The van der Waals surface area contributed by atoms with Crippen LogP contribution in [-0.2, 0) is 4.74 Å². The molecule has 1 saturated heterocycles. The van der Waals surface area contributed by atoms with Crippen molar-refractivity contribution < 1.29 is 22.7 Å². The second-order valence-corrected chi connectivity index (χ2v) is 5.20. The van der Waals surface area contributed by atoms with Crippen LogP contribution in [0.15, 0.2) is 0 Å². The third-order valence-corrected chi connectivity index (χ3v) is 2.44. The molecule has 0 aromatic carbocycles. The number of alkyl halides is 3. The normalized spacial score (nSPS) is 26.2. The molecule has 7 heteroatoms. The van der Waals surface area contributed by atoms with Crippen LogP contribution < -0.4 is 5.73 Å². The lowest BCUT2D eigenvalue weighted by molar-refractivity contribution is -0.173. The van der Waals surface area contributed by atoms with Crippen molar-refractivity contribution >= 4 is 6.09 Å². The largest absolute Gasteiger partial charge is 0.444 e. The quantitative estimate of drug-likeness (QED) is 0.716. The number of hydrogen-bond donors (Lipinski definition) is 1. The first-order chi connectivity index (χ1) is 7.50. The number of ether oxygens (including phenoxy) is 1. The average Bonchev–Trinajstić information content (AvgIpc) is 2.42. The summed E-state index contributed by atoms with van der Waals surface area (Å²) in [6.45, 7) is 4.41. The number of nitrogens with two attached hydrogens (primary N) is 1. The number of carbonyl (C=O) groups is 1. The van der Waals surface area contributed by atoms with Crippen molar-refractivity contribution in [3.63, 3.8) is 0 Å². The van der Waals surface area contributed by atoms with Crippen molar-refractivity contribution in [2.45, 2.75) is 38.6 Å². The summed E-state index contributed by atoms with van der Waals surface area (Å²) in [5.74, 6) is -1.67. The maximum Gasteiger partial charge on any atom is 0.410 e. The van der Waals surface area contributed by atoms with Gasteiger partial charge < -0.3 is 15.4 Å². The summed E-state index contributed by atoms with van der Waals surface area (Å²) in [7, 11) is 0. The summed E-state index contributed by atoms with van der Waals surface area (Å²) in [6.07, 6.45) is -5.13. The average molecular weight is 254 g/mol. The monoisotopic (exact) mass is 254 g/mol. The van der Waals surface area contributed by atoms with Crippen molar-refractivity contribution in [2.24, 2.45) is 11.7 Å². The Labute approximate surface area is 97.9 Å². The van der Waals surface area contributed by atoms with Crippen LogP contribution in [0.3, 0.4) is 0 Å². The molecular weight excluding hydrogens is 237 g/mol. The summed E-state index contributed by atoms with van der Waals surface area (Å²) < 4.78 is 42.6. The lowest BCUT2D eigenvalue weighted by Crippen LogP contribution is -2.38. The minimum atomic E-state index is -4.38. The van der Waals surface area contributed by atoms with Crippen LogP contribution in [0.25, 0.3) is 0 Å². The van der Waals surface area contributed by atoms with Gasteiger partial charge in [0, 0.05) is 19.1 Å². The van der Waals surface area contributed by atoms with Crippen molar-refractivity contribution in [3.8, 4) is 0 Å². The summed E-state index contributed by atoms with van der Waals surface area (Å²) in [5.41, 5.74) is 4.66. The smallest absolute Gasteiger partial charge is 0.410 e. The minimum absolute atomic E-state index is 0.126. The van der Waals surface area contributed by atoms with Crippen molar-refractivity contribution in [1.82, 2.24) is 4.90 Å². The van der Waals surface area contributed by atoms with Gasteiger partial charge in [-0.25, -0.2) is 4.79 Å². The summed E-state index contributed by atoms with van der Waals surface area (Å²) in [4.78, 5) is 12.6. The number of amides is 1. The van der Waals surface area contributed by atoms with E-state index < -0.39 is 36.4 Å². The number of carbonyl (C=O) groups excluding carboxylic acids is 1. The van der Waals surface area contributed by atoms with E-state index in [1.807, 2.05) is 0 Å². The van der Waals surface area contributed by atoms with E-state index in [0.717, 1.165) is 4.90 Å². The number of halogens is 3. The summed E-state index contributed by atoms with van der Waals surface area (Å²) in [5, 5.41) is 0. The molecule has 0 saturated carbocycles. The molecule has 1 amide bonds. The Hall–Kier alpha value is -0.980. The second-order valence-electron chi connectivity index (χ2n) is 5.20. The highest BCUT2D eigenvalue weighted by molar-refractivity contribution is 5.68.